The Morgan fingerprint density at radius 2 is 2.27 bits per heavy atom. The quantitative estimate of drug-likeness (QED) is 0.712. The lowest BCUT2D eigenvalue weighted by Gasteiger charge is -2.25. The van der Waals surface area contributed by atoms with Gasteiger partial charge in [0.05, 0.1) is 6.10 Å². The van der Waals surface area contributed by atoms with Crippen LogP contribution >= 0.6 is 0 Å². The van der Waals surface area contributed by atoms with Gasteiger partial charge in [0.2, 0.25) is 0 Å². The molecule has 0 amide bonds. The van der Waals surface area contributed by atoms with E-state index in [-0.39, 0.29) is 18.3 Å². The van der Waals surface area contributed by atoms with Crippen molar-refractivity contribution < 1.29 is 19.0 Å². The number of aliphatic carboxylic acids is 1. The molecule has 0 aliphatic carbocycles. The Kier molecular flexibility index (Phi) is 6.80. The van der Waals surface area contributed by atoms with Gasteiger partial charge in [-0.15, -0.1) is 0 Å². The molecule has 1 unspecified atom stereocenters. The molecule has 1 fully saturated rings. The summed E-state index contributed by atoms with van der Waals surface area (Å²) < 4.78 is 19.0. The number of carbonyl (C=O) groups is 1. The minimum Gasteiger partial charge on any atom is -0.481 e. The molecule has 1 aromatic rings. The van der Waals surface area contributed by atoms with E-state index in [0.29, 0.717) is 13.0 Å². The first-order valence-corrected chi connectivity index (χ1v) is 7.93. The van der Waals surface area contributed by atoms with Crippen molar-refractivity contribution in [3.05, 3.63) is 35.6 Å². The average molecular weight is 309 g/mol. The molecule has 122 valence electrons. The molecule has 1 aromatic carbocycles. The SMILES string of the molecule is O=C(O)CCCCN(Cc1cccc(F)c1)CC1CCCO1. The highest BCUT2D eigenvalue weighted by molar-refractivity contribution is 5.66. The summed E-state index contributed by atoms with van der Waals surface area (Å²) in [7, 11) is 0. The van der Waals surface area contributed by atoms with Crippen molar-refractivity contribution in [3.63, 3.8) is 0 Å². The maximum Gasteiger partial charge on any atom is 0.303 e. The molecule has 0 radical (unpaired) electrons. The molecule has 1 N–H and O–H groups in total. The summed E-state index contributed by atoms with van der Waals surface area (Å²) in [6.07, 6.45) is 4.10. The Balaban J connectivity index is 1.86. The lowest BCUT2D eigenvalue weighted by atomic mass is 10.1. The average Bonchev–Trinajstić information content (AvgIpc) is 2.96. The van der Waals surface area contributed by atoms with Crippen molar-refractivity contribution in [2.45, 2.75) is 44.8 Å². The zero-order valence-electron chi connectivity index (χ0n) is 12.8. The second-order valence-corrected chi connectivity index (χ2v) is 5.85. The van der Waals surface area contributed by atoms with Crippen LogP contribution in [0.3, 0.4) is 0 Å². The van der Waals surface area contributed by atoms with E-state index in [1.54, 1.807) is 12.1 Å². The van der Waals surface area contributed by atoms with Gasteiger partial charge in [-0.1, -0.05) is 12.1 Å². The number of hydrogen-bond acceptors (Lipinski definition) is 3. The maximum absolute atomic E-state index is 13.3. The van der Waals surface area contributed by atoms with Crippen LogP contribution in [0.25, 0.3) is 0 Å². The predicted octanol–water partition coefficient (Wildman–Crippen LogP) is 3.06. The van der Waals surface area contributed by atoms with Gasteiger partial charge in [-0.25, -0.2) is 4.39 Å². The molecule has 0 bridgehead atoms. The summed E-state index contributed by atoms with van der Waals surface area (Å²) >= 11 is 0. The number of carboxylic acid groups (broad SMARTS) is 1. The first-order chi connectivity index (χ1) is 10.6. The molecule has 2 rings (SSSR count). The third-order valence-corrected chi connectivity index (χ3v) is 3.90. The van der Waals surface area contributed by atoms with E-state index in [1.165, 1.54) is 6.07 Å². The van der Waals surface area contributed by atoms with E-state index in [9.17, 15) is 9.18 Å². The number of halogens is 1. The Bertz CT molecular complexity index is 475. The third-order valence-electron chi connectivity index (χ3n) is 3.90. The van der Waals surface area contributed by atoms with Gasteiger partial charge in [0.25, 0.3) is 0 Å². The van der Waals surface area contributed by atoms with Gasteiger partial charge in [-0.2, -0.15) is 0 Å². The van der Waals surface area contributed by atoms with Crippen LogP contribution < -0.4 is 0 Å². The summed E-state index contributed by atoms with van der Waals surface area (Å²) in [5.41, 5.74) is 0.941. The minimum atomic E-state index is -0.754. The normalized spacial score (nSPS) is 18.0. The molecule has 5 heteroatoms. The van der Waals surface area contributed by atoms with Crippen LogP contribution in [-0.4, -0.2) is 41.8 Å². The number of hydrogen-bond donors (Lipinski definition) is 1. The Morgan fingerprint density at radius 3 is 2.95 bits per heavy atom. The van der Waals surface area contributed by atoms with Crippen LogP contribution in [0.4, 0.5) is 4.39 Å². The molecular weight excluding hydrogens is 285 g/mol. The van der Waals surface area contributed by atoms with Crippen LogP contribution in [0.2, 0.25) is 0 Å². The largest absolute Gasteiger partial charge is 0.481 e. The van der Waals surface area contributed by atoms with Crippen LogP contribution in [0.5, 0.6) is 0 Å². The van der Waals surface area contributed by atoms with Crippen LogP contribution in [0, 0.1) is 5.82 Å². The smallest absolute Gasteiger partial charge is 0.303 e. The molecule has 0 aromatic heterocycles. The number of ether oxygens (including phenoxy) is 1. The van der Waals surface area contributed by atoms with Gasteiger partial charge < -0.3 is 9.84 Å². The number of rotatable bonds is 9. The van der Waals surface area contributed by atoms with Crippen LogP contribution in [0.15, 0.2) is 24.3 Å². The van der Waals surface area contributed by atoms with Gasteiger partial charge in [0, 0.05) is 26.1 Å². The monoisotopic (exact) mass is 309 g/mol. The highest BCUT2D eigenvalue weighted by Gasteiger charge is 2.19. The highest BCUT2D eigenvalue weighted by Crippen LogP contribution is 2.16. The Morgan fingerprint density at radius 1 is 1.41 bits per heavy atom. The van der Waals surface area contributed by atoms with Gasteiger partial charge in [0.1, 0.15) is 5.82 Å². The van der Waals surface area contributed by atoms with E-state index in [4.69, 9.17) is 9.84 Å². The zero-order valence-corrected chi connectivity index (χ0v) is 12.8. The molecule has 22 heavy (non-hydrogen) atoms. The van der Waals surface area contributed by atoms with Crippen molar-refractivity contribution in [1.82, 2.24) is 4.90 Å². The van der Waals surface area contributed by atoms with E-state index in [2.05, 4.69) is 4.90 Å². The fourth-order valence-corrected chi connectivity index (χ4v) is 2.82. The molecule has 1 aliphatic heterocycles. The third kappa shape index (κ3) is 6.12. The number of unbranched alkanes of at least 4 members (excludes halogenated alkanes) is 1. The van der Waals surface area contributed by atoms with Crippen molar-refractivity contribution in [2.75, 3.05) is 19.7 Å². The Hall–Kier alpha value is -1.46. The van der Waals surface area contributed by atoms with Crippen molar-refractivity contribution in [3.8, 4) is 0 Å². The first-order valence-electron chi connectivity index (χ1n) is 7.93. The van der Waals surface area contributed by atoms with Crippen LogP contribution in [0.1, 0.15) is 37.7 Å². The summed E-state index contributed by atoms with van der Waals surface area (Å²) in [6.45, 7) is 3.12. The molecule has 4 nitrogen and oxygen atoms in total. The van der Waals surface area contributed by atoms with Gasteiger partial charge in [0.15, 0.2) is 0 Å². The fourth-order valence-electron chi connectivity index (χ4n) is 2.82. The number of carboxylic acids is 1. The molecule has 0 saturated carbocycles. The van der Waals surface area contributed by atoms with Crippen LogP contribution in [-0.2, 0) is 16.1 Å². The molecule has 1 atom stereocenters. The van der Waals surface area contributed by atoms with E-state index in [0.717, 1.165) is 44.5 Å². The van der Waals surface area contributed by atoms with E-state index in [1.807, 2.05) is 6.07 Å². The second kappa shape index (κ2) is 8.86. The summed E-state index contributed by atoms with van der Waals surface area (Å²) in [5, 5.41) is 8.70. The topological polar surface area (TPSA) is 49.8 Å². The molecular formula is C17H24FNO3. The molecule has 1 aliphatic rings. The summed E-state index contributed by atoms with van der Waals surface area (Å²) in [4.78, 5) is 12.8. The standard InChI is InChI=1S/C17H24FNO3/c18-15-6-3-5-14(11-15)12-19(9-2-1-8-17(20)21)13-16-7-4-10-22-16/h3,5-6,11,16H,1-2,4,7-10,12-13H2,(H,20,21). The maximum atomic E-state index is 13.3. The predicted molar refractivity (Wildman–Crippen MR) is 82.1 cm³/mol. The van der Waals surface area contributed by atoms with Crippen molar-refractivity contribution in [1.29, 1.82) is 0 Å². The van der Waals surface area contributed by atoms with E-state index >= 15 is 0 Å². The molecule has 0 spiro atoms. The second-order valence-electron chi connectivity index (χ2n) is 5.85. The lowest BCUT2D eigenvalue weighted by Crippen LogP contribution is -2.32. The number of nitrogens with zero attached hydrogens (tertiary/aromatic N) is 1. The summed E-state index contributed by atoms with van der Waals surface area (Å²) in [5.74, 6) is -0.976. The fraction of sp³-hybridized carbons (Fsp3) is 0.588. The first kappa shape index (κ1) is 16.9. The Labute approximate surface area is 130 Å². The lowest BCUT2D eigenvalue weighted by molar-refractivity contribution is -0.137. The van der Waals surface area contributed by atoms with Gasteiger partial charge in [-0.05, 0) is 49.9 Å². The van der Waals surface area contributed by atoms with Gasteiger partial charge >= 0.3 is 5.97 Å². The highest BCUT2D eigenvalue weighted by atomic mass is 19.1. The van der Waals surface area contributed by atoms with E-state index < -0.39 is 5.97 Å². The zero-order chi connectivity index (χ0) is 15.8. The molecule has 1 saturated heterocycles. The van der Waals surface area contributed by atoms with Crippen molar-refractivity contribution >= 4 is 5.97 Å². The molecule has 1 heterocycles. The summed E-state index contributed by atoms with van der Waals surface area (Å²) in [6, 6.07) is 6.64. The van der Waals surface area contributed by atoms with Crippen molar-refractivity contribution in [2.24, 2.45) is 0 Å². The van der Waals surface area contributed by atoms with Gasteiger partial charge in [-0.3, -0.25) is 9.69 Å². The number of benzene rings is 1. The minimum absolute atomic E-state index is 0.202.